The molecular weight excluding hydrogens is 271 g/mol. The summed E-state index contributed by atoms with van der Waals surface area (Å²) in [6.45, 7) is 0.0275. The molecule has 0 radical (unpaired) electrons. The van der Waals surface area contributed by atoms with Crippen LogP contribution in [0.5, 0.6) is 0 Å². The van der Waals surface area contributed by atoms with Crippen molar-refractivity contribution in [3.8, 4) is 0 Å². The van der Waals surface area contributed by atoms with Crippen molar-refractivity contribution in [3.63, 3.8) is 0 Å². The molecule has 1 aromatic rings. The highest BCUT2D eigenvalue weighted by Gasteiger charge is 2.39. The van der Waals surface area contributed by atoms with E-state index in [0.717, 1.165) is 11.8 Å². The molecule has 0 spiro atoms. The normalized spacial score (nSPS) is 13.7. The Morgan fingerprint density at radius 2 is 1.94 bits per heavy atom. The molecule has 2 N–H and O–H groups in total. The number of hydrogen-bond acceptors (Lipinski definition) is 2. The largest absolute Gasteiger partial charge is 0.400 e. The van der Waals surface area contributed by atoms with Gasteiger partial charge < -0.3 is 5.73 Å². The van der Waals surface area contributed by atoms with Gasteiger partial charge in [0.1, 0.15) is 5.25 Å². The summed E-state index contributed by atoms with van der Waals surface area (Å²) < 4.78 is 37.8. The zero-order chi connectivity index (χ0) is 12.9. The van der Waals surface area contributed by atoms with E-state index in [-0.39, 0.29) is 18.7 Å². The van der Waals surface area contributed by atoms with Gasteiger partial charge in [0, 0.05) is 10.8 Å². The van der Waals surface area contributed by atoms with Gasteiger partial charge in [-0.25, -0.2) is 0 Å². The Morgan fingerprint density at radius 3 is 2.47 bits per heavy atom. The van der Waals surface area contributed by atoms with Crippen molar-refractivity contribution >= 4 is 23.4 Å². The summed E-state index contributed by atoms with van der Waals surface area (Å²) in [6, 6.07) is 6.90. The molecule has 0 bridgehead atoms. The summed E-state index contributed by atoms with van der Waals surface area (Å²) in [4.78, 5) is 0. The van der Waals surface area contributed by atoms with Gasteiger partial charge in [-0.3, -0.25) is 0 Å². The highest BCUT2D eigenvalue weighted by Crippen LogP contribution is 2.35. The molecule has 1 nitrogen and oxygen atoms in total. The van der Waals surface area contributed by atoms with Crippen LogP contribution >= 0.6 is 23.4 Å². The molecule has 6 heteroatoms. The SMILES string of the molecule is NCCC(SCc1ccccc1Cl)C(F)(F)F. The predicted octanol–water partition coefficient (Wildman–Crippen LogP) is 3.85. The van der Waals surface area contributed by atoms with Crippen LogP contribution in [0.25, 0.3) is 0 Å². The van der Waals surface area contributed by atoms with Gasteiger partial charge in [-0.05, 0) is 24.6 Å². The van der Waals surface area contributed by atoms with Gasteiger partial charge in [-0.1, -0.05) is 29.8 Å². The average Bonchev–Trinajstić information content (AvgIpc) is 2.24. The van der Waals surface area contributed by atoms with Crippen LogP contribution in [0.2, 0.25) is 5.02 Å². The van der Waals surface area contributed by atoms with E-state index < -0.39 is 11.4 Å². The fourth-order valence-corrected chi connectivity index (χ4v) is 2.70. The topological polar surface area (TPSA) is 26.0 Å². The third-order valence-corrected chi connectivity index (χ3v) is 3.94. The third-order valence-electron chi connectivity index (χ3n) is 2.19. The maximum absolute atomic E-state index is 12.6. The van der Waals surface area contributed by atoms with Gasteiger partial charge in [-0.15, -0.1) is 11.8 Å². The zero-order valence-electron chi connectivity index (χ0n) is 9.01. The van der Waals surface area contributed by atoms with Crippen LogP contribution in [-0.2, 0) is 5.75 Å². The molecular formula is C11H13ClF3NS. The summed E-state index contributed by atoms with van der Waals surface area (Å²) in [6.07, 6.45) is -4.29. The first-order valence-corrected chi connectivity index (χ1v) is 6.49. The van der Waals surface area contributed by atoms with Gasteiger partial charge in [-0.2, -0.15) is 13.2 Å². The zero-order valence-corrected chi connectivity index (χ0v) is 10.6. The summed E-state index contributed by atoms with van der Waals surface area (Å²) in [5.74, 6) is 0.240. The number of thioether (sulfide) groups is 1. The minimum Gasteiger partial charge on any atom is -0.330 e. The van der Waals surface area contributed by atoms with Crippen molar-refractivity contribution in [2.75, 3.05) is 6.54 Å². The van der Waals surface area contributed by atoms with Crippen molar-refractivity contribution < 1.29 is 13.2 Å². The third kappa shape index (κ3) is 4.77. The van der Waals surface area contributed by atoms with Crippen LogP contribution in [0, 0.1) is 0 Å². The van der Waals surface area contributed by atoms with E-state index in [4.69, 9.17) is 17.3 Å². The molecule has 0 aliphatic rings. The molecule has 0 fully saturated rings. The lowest BCUT2D eigenvalue weighted by Gasteiger charge is -2.19. The molecule has 17 heavy (non-hydrogen) atoms. The van der Waals surface area contributed by atoms with E-state index >= 15 is 0 Å². The molecule has 0 aliphatic heterocycles. The van der Waals surface area contributed by atoms with E-state index in [1.165, 1.54) is 0 Å². The van der Waals surface area contributed by atoms with Crippen molar-refractivity contribution in [1.29, 1.82) is 0 Å². The lowest BCUT2D eigenvalue weighted by Crippen LogP contribution is -2.28. The number of rotatable bonds is 5. The number of hydrogen-bond donors (Lipinski definition) is 1. The summed E-state index contributed by atoms with van der Waals surface area (Å²) >= 11 is 6.71. The van der Waals surface area contributed by atoms with Crippen molar-refractivity contribution in [2.24, 2.45) is 5.73 Å². The molecule has 96 valence electrons. The molecule has 0 aliphatic carbocycles. The smallest absolute Gasteiger partial charge is 0.330 e. The molecule has 1 atom stereocenters. The Kier molecular flexibility index (Phi) is 5.62. The standard InChI is InChI=1S/C11H13ClF3NS/c12-9-4-2-1-3-8(9)7-17-10(5-6-16)11(13,14)15/h1-4,10H,5-7,16H2. The molecule has 0 aromatic heterocycles. The minimum atomic E-state index is -4.22. The Bertz CT molecular complexity index is 357. The first kappa shape index (κ1) is 14.7. The maximum atomic E-state index is 12.6. The monoisotopic (exact) mass is 283 g/mol. The van der Waals surface area contributed by atoms with Crippen LogP contribution in [0.4, 0.5) is 13.2 Å². The van der Waals surface area contributed by atoms with Crippen LogP contribution in [0.15, 0.2) is 24.3 Å². The lowest BCUT2D eigenvalue weighted by molar-refractivity contribution is -0.129. The second kappa shape index (κ2) is 6.52. The maximum Gasteiger partial charge on any atom is 0.400 e. The van der Waals surface area contributed by atoms with E-state index in [1.807, 2.05) is 0 Å². The second-order valence-corrected chi connectivity index (χ2v) is 5.11. The van der Waals surface area contributed by atoms with Gasteiger partial charge in [0.15, 0.2) is 0 Å². The summed E-state index contributed by atoms with van der Waals surface area (Å²) in [7, 11) is 0. The van der Waals surface area contributed by atoms with Gasteiger partial charge in [0.25, 0.3) is 0 Å². The quantitative estimate of drug-likeness (QED) is 0.888. The van der Waals surface area contributed by atoms with Gasteiger partial charge in [0.05, 0.1) is 0 Å². The average molecular weight is 284 g/mol. The molecule has 1 unspecified atom stereocenters. The highest BCUT2D eigenvalue weighted by atomic mass is 35.5. The predicted molar refractivity (Wildman–Crippen MR) is 66.3 cm³/mol. The van der Waals surface area contributed by atoms with Crippen molar-refractivity contribution in [1.82, 2.24) is 0 Å². The Hall–Kier alpha value is -0.390. The molecule has 1 aromatic carbocycles. The summed E-state index contributed by atoms with van der Waals surface area (Å²) in [5, 5.41) is -0.933. The molecule has 0 saturated carbocycles. The summed E-state index contributed by atoms with van der Waals surface area (Å²) in [5.41, 5.74) is 5.90. The van der Waals surface area contributed by atoms with E-state index in [0.29, 0.717) is 10.6 Å². The van der Waals surface area contributed by atoms with E-state index in [9.17, 15) is 13.2 Å². The first-order valence-electron chi connectivity index (χ1n) is 5.07. The molecule has 1 rings (SSSR count). The van der Waals surface area contributed by atoms with Crippen LogP contribution in [0.3, 0.4) is 0 Å². The van der Waals surface area contributed by atoms with Crippen LogP contribution < -0.4 is 5.73 Å². The fourth-order valence-electron chi connectivity index (χ4n) is 1.30. The molecule has 0 saturated heterocycles. The number of nitrogens with two attached hydrogens (primary N) is 1. The highest BCUT2D eigenvalue weighted by molar-refractivity contribution is 7.99. The van der Waals surface area contributed by atoms with Crippen LogP contribution in [-0.4, -0.2) is 18.0 Å². The number of alkyl halides is 3. The minimum absolute atomic E-state index is 0.0275. The van der Waals surface area contributed by atoms with Crippen LogP contribution in [0.1, 0.15) is 12.0 Å². The molecule has 0 heterocycles. The lowest BCUT2D eigenvalue weighted by atomic mass is 10.2. The van der Waals surface area contributed by atoms with E-state index in [1.54, 1.807) is 24.3 Å². The van der Waals surface area contributed by atoms with E-state index in [2.05, 4.69) is 0 Å². The van der Waals surface area contributed by atoms with Gasteiger partial charge in [0.2, 0.25) is 0 Å². The fraction of sp³-hybridized carbons (Fsp3) is 0.455. The number of halogens is 4. The Labute approximate surface area is 108 Å². The van der Waals surface area contributed by atoms with Crippen molar-refractivity contribution in [3.05, 3.63) is 34.9 Å². The second-order valence-electron chi connectivity index (χ2n) is 3.51. The van der Waals surface area contributed by atoms with Gasteiger partial charge >= 0.3 is 6.18 Å². The molecule has 0 amide bonds. The Morgan fingerprint density at radius 1 is 1.29 bits per heavy atom. The Balaban J connectivity index is 2.61. The number of benzene rings is 1. The van der Waals surface area contributed by atoms with Crippen molar-refractivity contribution in [2.45, 2.75) is 23.6 Å². The first-order chi connectivity index (χ1) is 7.95.